The fourth-order valence-electron chi connectivity index (χ4n) is 3.20. The molecular formula is C28H30ClN3O5. The van der Waals surface area contributed by atoms with Crippen molar-refractivity contribution in [2.45, 2.75) is 27.2 Å². The number of ether oxygens (including phenoxy) is 3. The van der Waals surface area contributed by atoms with E-state index in [4.69, 9.17) is 25.8 Å². The molecule has 0 aliphatic rings. The van der Waals surface area contributed by atoms with Gasteiger partial charge in [0.15, 0.2) is 18.1 Å². The average molecular weight is 524 g/mol. The van der Waals surface area contributed by atoms with Crippen molar-refractivity contribution in [2.75, 3.05) is 25.1 Å². The Morgan fingerprint density at radius 1 is 0.919 bits per heavy atom. The second-order valence-corrected chi connectivity index (χ2v) is 8.46. The summed E-state index contributed by atoms with van der Waals surface area (Å²) < 4.78 is 17.0. The summed E-state index contributed by atoms with van der Waals surface area (Å²) in [6, 6.07) is 17.3. The van der Waals surface area contributed by atoms with Gasteiger partial charge in [-0.1, -0.05) is 36.2 Å². The van der Waals surface area contributed by atoms with Crippen LogP contribution < -0.4 is 25.0 Å². The van der Waals surface area contributed by atoms with E-state index < -0.39 is 5.91 Å². The molecule has 0 heterocycles. The molecule has 0 unspecified atom stereocenters. The molecule has 3 aromatic rings. The number of anilines is 1. The molecule has 0 spiro atoms. The number of nitrogens with one attached hydrogen (secondary N) is 2. The van der Waals surface area contributed by atoms with Crippen molar-refractivity contribution in [1.29, 1.82) is 0 Å². The maximum atomic E-state index is 12.6. The molecule has 3 rings (SSSR count). The predicted octanol–water partition coefficient (Wildman–Crippen LogP) is 5.62. The van der Waals surface area contributed by atoms with Gasteiger partial charge in [0.1, 0.15) is 5.75 Å². The first-order valence-electron chi connectivity index (χ1n) is 11.9. The van der Waals surface area contributed by atoms with Gasteiger partial charge in [0.25, 0.3) is 11.8 Å². The van der Waals surface area contributed by atoms with Crippen LogP contribution in [-0.4, -0.2) is 37.8 Å². The summed E-state index contributed by atoms with van der Waals surface area (Å²) in [6.45, 7) is 6.61. The summed E-state index contributed by atoms with van der Waals surface area (Å²) in [5.41, 5.74) is 5.11. The Kier molecular flexibility index (Phi) is 10.3. The van der Waals surface area contributed by atoms with Crippen molar-refractivity contribution < 1.29 is 23.8 Å². The van der Waals surface area contributed by atoms with E-state index in [1.54, 1.807) is 36.4 Å². The van der Waals surface area contributed by atoms with Crippen molar-refractivity contribution in [3.63, 3.8) is 0 Å². The molecule has 9 heteroatoms. The molecule has 8 nitrogen and oxygen atoms in total. The first-order chi connectivity index (χ1) is 17.9. The molecule has 3 aromatic carbocycles. The highest BCUT2D eigenvalue weighted by molar-refractivity contribution is 6.30. The second kappa shape index (κ2) is 13.9. The fraction of sp³-hybridized carbons (Fsp3) is 0.250. The standard InChI is InChI=1S/C28H30ClN3O5/c1-4-14-36-25-12-8-20(16-26(25)35-5-2)28(34)32-30-17-21-15-22(29)9-13-24(21)37-18-27(33)31-23-10-6-19(3)7-11-23/h6-13,15-17H,4-5,14,18H2,1-3H3,(H,31,33)(H,32,34)/b30-17+. The van der Waals surface area contributed by atoms with Gasteiger partial charge >= 0.3 is 0 Å². The molecule has 0 aliphatic heterocycles. The van der Waals surface area contributed by atoms with Crippen LogP contribution in [0.25, 0.3) is 0 Å². The van der Waals surface area contributed by atoms with Crippen LogP contribution in [0.5, 0.6) is 17.2 Å². The number of hydrogen-bond acceptors (Lipinski definition) is 6. The highest BCUT2D eigenvalue weighted by Gasteiger charge is 2.12. The van der Waals surface area contributed by atoms with E-state index in [2.05, 4.69) is 15.8 Å². The Bertz CT molecular complexity index is 1250. The van der Waals surface area contributed by atoms with Crippen molar-refractivity contribution in [3.05, 3.63) is 82.4 Å². The Morgan fingerprint density at radius 2 is 1.68 bits per heavy atom. The van der Waals surface area contributed by atoms with E-state index in [1.807, 2.05) is 45.0 Å². The average Bonchev–Trinajstić information content (AvgIpc) is 2.89. The molecule has 0 fully saturated rings. The van der Waals surface area contributed by atoms with Crippen LogP contribution in [0.3, 0.4) is 0 Å². The Labute approximate surface area is 221 Å². The Hall–Kier alpha value is -4.04. The first kappa shape index (κ1) is 27.5. The van der Waals surface area contributed by atoms with Gasteiger partial charge in [-0.2, -0.15) is 5.10 Å². The zero-order valence-corrected chi connectivity index (χ0v) is 21.8. The predicted molar refractivity (Wildman–Crippen MR) is 145 cm³/mol. The smallest absolute Gasteiger partial charge is 0.271 e. The molecule has 0 saturated heterocycles. The summed E-state index contributed by atoms with van der Waals surface area (Å²) in [4.78, 5) is 24.9. The molecule has 194 valence electrons. The van der Waals surface area contributed by atoms with Crippen molar-refractivity contribution in [1.82, 2.24) is 5.43 Å². The third-order valence-corrected chi connectivity index (χ3v) is 5.24. The molecule has 0 saturated carbocycles. The van der Waals surface area contributed by atoms with E-state index in [-0.39, 0.29) is 12.5 Å². The van der Waals surface area contributed by atoms with E-state index in [9.17, 15) is 9.59 Å². The van der Waals surface area contributed by atoms with E-state index in [1.165, 1.54) is 6.21 Å². The SMILES string of the molecule is CCCOc1ccc(C(=O)N/N=C/c2cc(Cl)ccc2OCC(=O)Nc2ccc(C)cc2)cc1OCC. The molecular weight excluding hydrogens is 494 g/mol. The van der Waals surface area contributed by atoms with Gasteiger partial charge in [-0.25, -0.2) is 5.43 Å². The fourth-order valence-corrected chi connectivity index (χ4v) is 3.38. The van der Waals surface area contributed by atoms with Crippen LogP contribution in [0.2, 0.25) is 5.02 Å². The minimum Gasteiger partial charge on any atom is -0.490 e. The number of rotatable bonds is 12. The number of hydrogen-bond donors (Lipinski definition) is 2. The molecule has 0 bridgehead atoms. The van der Waals surface area contributed by atoms with Gasteiger partial charge in [0, 0.05) is 21.8 Å². The number of hydrazone groups is 1. The van der Waals surface area contributed by atoms with Gasteiger partial charge in [0.05, 0.1) is 19.4 Å². The number of benzene rings is 3. The summed E-state index contributed by atoms with van der Waals surface area (Å²) in [6.07, 6.45) is 2.26. The molecule has 2 N–H and O–H groups in total. The van der Waals surface area contributed by atoms with Gasteiger partial charge in [-0.15, -0.1) is 0 Å². The minimum atomic E-state index is -0.429. The number of amides is 2. The van der Waals surface area contributed by atoms with Crippen LogP contribution in [0.4, 0.5) is 5.69 Å². The van der Waals surface area contributed by atoms with Crippen molar-refractivity contribution in [3.8, 4) is 17.2 Å². The Morgan fingerprint density at radius 3 is 2.41 bits per heavy atom. The largest absolute Gasteiger partial charge is 0.490 e. The minimum absolute atomic E-state index is 0.213. The van der Waals surface area contributed by atoms with Crippen LogP contribution in [-0.2, 0) is 4.79 Å². The highest BCUT2D eigenvalue weighted by Crippen LogP contribution is 2.29. The summed E-state index contributed by atoms with van der Waals surface area (Å²) >= 11 is 6.13. The maximum Gasteiger partial charge on any atom is 0.271 e. The number of carbonyl (C=O) groups is 2. The van der Waals surface area contributed by atoms with Crippen LogP contribution in [0.15, 0.2) is 65.8 Å². The maximum absolute atomic E-state index is 12.6. The lowest BCUT2D eigenvalue weighted by molar-refractivity contribution is -0.118. The molecule has 0 atom stereocenters. The lowest BCUT2D eigenvalue weighted by Crippen LogP contribution is -2.20. The molecule has 2 amide bonds. The molecule has 0 aliphatic carbocycles. The molecule has 37 heavy (non-hydrogen) atoms. The second-order valence-electron chi connectivity index (χ2n) is 8.03. The molecule has 0 aromatic heterocycles. The number of halogens is 1. The Balaban J connectivity index is 1.63. The first-order valence-corrected chi connectivity index (χ1v) is 12.3. The van der Waals surface area contributed by atoms with Crippen LogP contribution in [0.1, 0.15) is 41.8 Å². The summed E-state index contributed by atoms with van der Waals surface area (Å²) in [5.74, 6) is 0.711. The third kappa shape index (κ3) is 8.54. The van der Waals surface area contributed by atoms with Crippen molar-refractivity contribution >= 4 is 35.3 Å². The number of aryl methyl sites for hydroxylation is 1. The van der Waals surface area contributed by atoms with Gasteiger partial charge in [-0.3, -0.25) is 9.59 Å². The molecule has 0 radical (unpaired) electrons. The summed E-state index contributed by atoms with van der Waals surface area (Å²) in [5, 5.41) is 7.26. The van der Waals surface area contributed by atoms with Gasteiger partial charge in [-0.05, 0) is 68.8 Å². The lowest BCUT2D eigenvalue weighted by Gasteiger charge is -2.12. The summed E-state index contributed by atoms with van der Waals surface area (Å²) in [7, 11) is 0. The highest BCUT2D eigenvalue weighted by atomic mass is 35.5. The lowest BCUT2D eigenvalue weighted by atomic mass is 10.2. The van der Waals surface area contributed by atoms with E-state index >= 15 is 0 Å². The third-order valence-electron chi connectivity index (χ3n) is 5.00. The van der Waals surface area contributed by atoms with E-state index in [0.717, 1.165) is 12.0 Å². The quantitative estimate of drug-likeness (QED) is 0.237. The zero-order valence-electron chi connectivity index (χ0n) is 21.0. The van der Waals surface area contributed by atoms with Crippen LogP contribution >= 0.6 is 11.6 Å². The van der Waals surface area contributed by atoms with Gasteiger partial charge in [0.2, 0.25) is 0 Å². The van der Waals surface area contributed by atoms with Gasteiger partial charge < -0.3 is 19.5 Å². The van der Waals surface area contributed by atoms with Crippen molar-refractivity contribution in [2.24, 2.45) is 5.10 Å². The van der Waals surface area contributed by atoms with Crippen LogP contribution in [0, 0.1) is 6.92 Å². The monoisotopic (exact) mass is 523 g/mol. The normalized spacial score (nSPS) is 10.7. The zero-order chi connectivity index (χ0) is 26.6. The number of nitrogens with zero attached hydrogens (tertiary/aromatic N) is 1. The number of carbonyl (C=O) groups excluding carboxylic acids is 2. The van der Waals surface area contributed by atoms with E-state index in [0.29, 0.717) is 52.3 Å². The topological polar surface area (TPSA) is 98.3 Å².